The van der Waals surface area contributed by atoms with Gasteiger partial charge in [-0.3, -0.25) is 14.6 Å². The molecule has 142 valence electrons. The van der Waals surface area contributed by atoms with E-state index >= 15 is 0 Å². The van der Waals surface area contributed by atoms with E-state index in [1.54, 1.807) is 24.4 Å². The highest BCUT2D eigenvalue weighted by molar-refractivity contribution is 5.94. The van der Waals surface area contributed by atoms with E-state index in [0.29, 0.717) is 17.8 Å². The number of anilines is 3. The second kappa shape index (κ2) is 8.81. The first kappa shape index (κ1) is 19.1. The summed E-state index contributed by atoms with van der Waals surface area (Å²) < 4.78 is 0. The Labute approximate surface area is 164 Å². The van der Waals surface area contributed by atoms with Crippen LogP contribution in [0.4, 0.5) is 17.1 Å². The van der Waals surface area contributed by atoms with Gasteiger partial charge >= 0.3 is 0 Å². The van der Waals surface area contributed by atoms with Crippen molar-refractivity contribution in [3.63, 3.8) is 0 Å². The maximum absolute atomic E-state index is 12.4. The number of rotatable bonds is 6. The van der Waals surface area contributed by atoms with Crippen molar-refractivity contribution < 1.29 is 9.59 Å². The van der Waals surface area contributed by atoms with Crippen molar-refractivity contribution in [1.82, 2.24) is 10.3 Å². The SMILES string of the molecule is CC(=O)Nc1ccc(Nc2cncc(C(=O)NCc3ccc(C)cc3)c2)cc1. The van der Waals surface area contributed by atoms with E-state index in [4.69, 9.17) is 0 Å². The summed E-state index contributed by atoms with van der Waals surface area (Å²) in [6.07, 6.45) is 3.19. The second-order valence-corrected chi connectivity index (χ2v) is 6.51. The second-order valence-electron chi connectivity index (χ2n) is 6.51. The van der Waals surface area contributed by atoms with Gasteiger partial charge in [0.1, 0.15) is 0 Å². The third kappa shape index (κ3) is 5.41. The highest BCUT2D eigenvalue weighted by atomic mass is 16.2. The Morgan fingerprint density at radius 1 is 0.893 bits per heavy atom. The third-order valence-electron chi connectivity index (χ3n) is 4.07. The predicted octanol–water partition coefficient (Wildman–Crippen LogP) is 4.02. The van der Waals surface area contributed by atoms with Gasteiger partial charge in [-0.05, 0) is 42.8 Å². The number of hydrogen-bond donors (Lipinski definition) is 3. The summed E-state index contributed by atoms with van der Waals surface area (Å²) >= 11 is 0. The molecule has 1 heterocycles. The Balaban J connectivity index is 1.62. The smallest absolute Gasteiger partial charge is 0.253 e. The summed E-state index contributed by atoms with van der Waals surface area (Å²) in [4.78, 5) is 27.6. The highest BCUT2D eigenvalue weighted by Gasteiger charge is 2.07. The summed E-state index contributed by atoms with van der Waals surface area (Å²) in [6, 6.07) is 17.1. The standard InChI is InChI=1S/C22H22N4O2/c1-15-3-5-17(6-4-15)12-24-22(28)18-11-21(14-23-13-18)26-20-9-7-19(8-10-20)25-16(2)27/h3-11,13-14,26H,12H2,1-2H3,(H,24,28)(H,25,27). The fraction of sp³-hybridized carbons (Fsp3) is 0.136. The molecule has 6 nitrogen and oxygen atoms in total. The lowest BCUT2D eigenvalue weighted by Crippen LogP contribution is -2.23. The molecule has 0 radical (unpaired) electrons. The lowest BCUT2D eigenvalue weighted by molar-refractivity contribution is -0.114. The molecule has 0 aliphatic rings. The highest BCUT2D eigenvalue weighted by Crippen LogP contribution is 2.19. The lowest BCUT2D eigenvalue weighted by atomic mass is 10.1. The molecular weight excluding hydrogens is 352 g/mol. The molecule has 3 N–H and O–H groups in total. The Morgan fingerprint density at radius 2 is 1.57 bits per heavy atom. The van der Waals surface area contributed by atoms with E-state index in [1.807, 2.05) is 43.3 Å². The van der Waals surface area contributed by atoms with Crippen molar-refractivity contribution in [1.29, 1.82) is 0 Å². The van der Waals surface area contributed by atoms with Crippen LogP contribution >= 0.6 is 0 Å². The minimum atomic E-state index is -0.183. The van der Waals surface area contributed by atoms with Crippen molar-refractivity contribution in [2.45, 2.75) is 20.4 Å². The lowest BCUT2D eigenvalue weighted by Gasteiger charge is -2.10. The summed E-state index contributed by atoms with van der Waals surface area (Å²) in [5.41, 5.74) is 4.96. The van der Waals surface area contributed by atoms with Gasteiger partial charge in [-0.1, -0.05) is 29.8 Å². The molecule has 2 amide bonds. The molecule has 0 saturated heterocycles. The topological polar surface area (TPSA) is 83.1 Å². The maximum atomic E-state index is 12.4. The van der Waals surface area contributed by atoms with Crippen LogP contribution in [0.5, 0.6) is 0 Å². The van der Waals surface area contributed by atoms with E-state index in [9.17, 15) is 9.59 Å². The fourth-order valence-electron chi connectivity index (χ4n) is 2.63. The number of nitrogens with zero attached hydrogens (tertiary/aromatic N) is 1. The van der Waals surface area contributed by atoms with Crippen LogP contribution in [-0.4, -0.2) is 16.8 Å². The van der Waals surface area contributed by atoms with Crippen LogP contribution in [0.3, 0.4) is 0 Å². The minimum absolute atomic E-state index is 0.116. The van der Waals surface area contributed by atoms with Crippen LogP contribution in [0.15, 0.2) is 67.0 Å². The van der Waals surface area contributed by atoms with Gasteiger partial charge < -0.3 is 16.0 Å². The molecule has 0 atom stereocenters. The van der Waals surface area contributed by atoms with Crippen LogP contribution in [0, 0.1) is 6.92 Å². The molecule has 0 aliphatic heterocycles. The van der Waals surface area contributed by atoms with Crippen LogP contribution in [-0.2, 0) is 11.3 Å². The zero-order valence-corrected chi connectivity index (χ0v) is 15.8. The number of amides is 2. The van der Waals surface area contributed by atoms with Crippen LogP contribution in [0.2, 0.25) is 0 Å². The van der Waals surface area contributed by atoms with Gasteiger partial charge in [0, 0.05) is 31.0 Å². The predicted molar refractivity (Wildman–Crippen MR) is 111 cm³/mol. The monoisotopic (exact) mass is 374 g/mol. The van der Waals surface area contributed by atoms with Crippen LogP contribution in [0.1, 0.15) is 28.4 Å². The first-order chi connectivity index (χ1) is 13.5. The van der Waals surface area contributed by atoms with Crippen LogP contribution in [0.25, 0.3) is 0 Å². The molecule has 0 unspecified atom stereocenters. The summed E-state index contributed by atoms with van der Waals surface area (Å²) in [5.74, 6) is -0.299. The molecule has 1 aromatic heterocycles. The molecule has 6 heteroatoms. The molecule has 3 rings (SSSR count). The largest absolute Gasteiger partial charge is 0.354 e. The quantitative estimate of drug-likeness (QED) is 0.608. The average molecular weight is 374 g/mol. The number of carbonyl (C=O) groups excluding carboxylic acids is 2. The van der Waals surface area contributed by atoms with Gasteiger partial charge in [0.15, 0.2) is 0 Å². The van der Waals surface area contributed by atoms with E-state index in [-0.39, 0.29) is 11.8 Å². The van der Waals surface area contributed by atoms with Gasteiger partial charge in [-0.2, -0.15) is 0 Å². The molecule has 0 fully saturated rings. The minimum Gasteiger partial charge on any atom is -0.354 e. The van der Waals surface area contributed by atoms with Gasteiger partial charge in [0.05, 0.1) is 17.4 Å². The molecule has 0 saturated carbocycles. The number of aromatic nitrogens is 1. The van der Waals surface area contributed by atoms with Crippen molar-refractivity contribution in [3.8, 4) is 0 Å². The third-order valence-corrected chi connectivity index (χ3v) is 4.07. The number of pyridine rings is 1. The molecule has 0 spiro atoms. The van der Waals surface area contributed by atoms with E-state index < -0.39 is 0 Å². The summed E-state index contributed by atoms with van der Waals surface area (Å²) in [6.45, 7) is 3.95. The number of benzene rings is 2. The first-order valence-corrected chi connectivity index (χ1v) is 8.93. The van der Waals surface area contributed by atoms with Crippen molar-refractivity contribution in [2.24, 2.45) is 0 Å². The van der Waals surface area contributed by atoms with Gasteiger partial charge in [0.25, 0.3) is 5.91 Å². The van der Waals surface area contributed by atoms with E-state index in [0.717, 1.165) is 16.9 Å². The Hall–Kier alpha value is -3.67. The Morgan fingerprint density at radius 3 is 2.25 bits per heavy atom. The Kier molecular flexibility index (Phi) is 6.01. The molecule has 0 aliphatic carbocycles. The fourth-order valence-corrected chi connectivity index (χ4v) is 2.63. The number of carbonyl (C=O) groups is 2. The summed E-state index contributed by atoms with van der Waals surface area (Å²) in [7, 11) is 0. The van der Waals surface area contributed by atoms with Crippen LogP contribution < -0.4 is 16.0 Å². The first-order valence-electron chi connectivity index (χ1n) is 8.93. The Bertz CT molecular complexity index is 967. The molecule has 28 heavy (non-hydrogen) atoms. The van der Waals surface area contributed by atoms with Crippen molar-refractivity contribution in [3.05, 3.63) is 83.7 Å². The van der Waals surface area contributed by atoms with E-state index in [2.05, 4.69) is 20.9 Å². The number of nitrogens with one attached hydrogen (secondary N) is 3. The van der Waals surface area contributed by atoms with E-state index in [1.165, 1.54) is 18.7 Å². The normalized spacial score (nSPS) is 10.2. The van der Waals surface area contributed by atoms with Gasteiger partial charge in [-0.25, -0.2) is 0 Å². The van der Waals surface area contributed by atoms with Crippen molar-refractivity contribution >= 4 is 28.9 Å². The molecule has 3 aromatic rings. The zero-order valence-electron chi connectivity index (χ0n) is 15.8. The van der Waals surface area contributed by atoms with Crippen molar-refractivity contribution in [2.75, 3.05) is 10.6 Å². The maximum Gasteiger partial charge on any atom is 0.253 e. The number of hydrogen-bond acceptors (Lipinski definition) is 4. The summed E-state index contributed by atoms with van der Waals surface area (Å²) in [5, 5.41) is 8.83. The molecule has 2 aromatic carbocycles. The van der Waals surface area contributed by atoms with Gasteiger partial charge in [0.2, 0.25) is 5.91 Å². The number of aryl methyl sites for hydroxylation is 1. The average Bonchev–Trinajstić information content (AvgIpc) is 2.69. The zero-order chi connectivity index (χ0) is 19.9. The molecule has 0 bridgehead atoms. The van der Waals surface area contributed by atoms with Gasteiger partial charge in [-0.15, -0.1) is 0 Å². The molecular formula is C22H22N4O2.